The Balaban J connectivity index is 1.56. The van der Waals surface area contributed by atoms with Gasteiger partial charge < -0.3 is 29.4 Å². The van der Waals surface area contributed by atoms with Gasteiger partial charge in [0.05, 0.1) is 20.8 Å². The molecule has 2 N–H and O–H groups in total. The molecule has 8 nitrogen and oxygen atoms in total. The van der Waals surface area contributed by atoms with Crippen molar-refractivity contribution in [2.75, 3.05) is 27.4 Å². The van der Waals surface area contributed by atoms with Crippen LogP contribution in [-0.4, -0.2) is 49.9 Å². The molecule has 1 aliphatic heterocycles. The van der Waals surface area contributed by atoms with Gasteiger partial charge in [-0.2, -0.15) is 0 Å². The van der Waals surface area contributed by atoms with Gasteiger partial charge in [-0.25, -0.2) is 4.99 Å². The van der Waals surface area contributed by atoms with E-state index in [9.17, 15) is 4.79 Å². The van der Waals surface area contributed by atoms with Crippen LogP contribution in [0.4, 0.5) is 0 Å². The highest BCUT2D eigenvalue weighted by Crippen LogP contribution is 2.45. The molecule has 1 aliphatic rings. The van der Waals surface area contributed by atoms with E-state index in [0.29, 0.717) is 41.7 Å². The fourth-order valence-electron chi connectivity index (χ4n) is 5.21. The van der Waals surface area contributed by atoms with Gasteiger partial charge >= 0.3 is 0 Å². The van der Waals surface area contributed by atoms with Gasteiger partial charge in [-0.1, -0.05) is 74.3 Å². The second-order valence-electron chi connectivity index (χ2n) is 10.5. The lowest BCUT2D eigenvalue weighted by Crippen LogP contribution is -2.49. The predicted octanol–water partition coefficient (Wildman–Crippen LogP) is 6.81. The number of methoxy groups -OCH3 is 2. The van der Waals surface area contributed by atoms with E-state index in [1.165, 1.54) is 0 Å². The van der Waals surface area contributed by atoms with Gasteiger partial charge in [0.25, 0.3) is 5.91 Å². The maximum Gasteiger partial charge on any atom is 0.252 e. The first-order chi connectivity index (χ1) is 21.9. The van der Waals surface area contributed by atoms with Crippen LogP contribution >= 0.6 is 31.9 Å². The van der Waals surface area contributed by atoms with Crippen LogP contribution in [0.1, 0.15) is 34.8 Å². The Hall–Kier alpha value is -3.86. The summed E-state index contributed by atoms with van der Waals surface area (Å²) in [5, 5.41) is 12.2. The molecular formula is C35H34Br2N2O6. The highest BCUT2D eigenvalue weighted by atomic mass is 79.9. The van der Waals surface area contributed by atoms with Crippen molar-refractivity contribution in [2.24, 2.45) is 4.99 Å². The number of aliphatic hydroxyl groups is 1. The van der Waals surface area contributed by atoms with E-state index < -0.39 is 11.6 Å². The third-order valence-corrected chi connectivity index (χ3v) is 9.03. The SMILES string of the molecule is COc1ccc(CNC(=O)[C@]2(Cc3ccccc3Br)N=C(c3ccc(OCCCO)cc3)O[C@@H]2c2ccccc2Br)cc1OC. The molecule has 10 heteroatoms. The molecule has 0 radical (unpaired) electrons. The van der Waals surface area contributed by atoms with Crippen LogP contribution in [0.3, 0.4) is 0 Å². The van der Waals surface area contributed by atoms with E-state index in [-0.39, 0.29) is 25.5 Å². The molecule has 45 heavy (non-hydrogen) atoms. The Bertz CT molecular complexity index is 1660. The maximum atomic E-state index is 14.6. The Morgan fingerprint density at radius 3 is 2.33 bits per heavy atom. The minimum atomic E-state index is -1.37. The van der Waals surface area contributed by atoms with Gasteiger partial charge in [0.2, 0.25) is 5.90 Å². The third kappa shape index (κ3) is 7.35. The number of benzene rings is 4. The van der Waals surface area contributed by atoms with E-state index >= 15 is 0 Å². The number of nitrogens with one attached hydrogen (secondary N) is 1. The Morgan fingerprint density at radius 2 is 1.64 bits per heavy atom. The minimum absolute atomic E-state index is 0.0623. The van der Waals surface area contributed by atoms with E-state index in [1.54, 1.807) is 14.2 Å². The van der Waals surface area contributed by atoms with Crippen molar-refractivity contribution in [3.05, 3.63) is 122 Å². The fourth-order valence-corrected chi connectivity index (χ4v) is 6.12. The molecule has 4 aromatic carbocycles. The zero-order valence-corrected chi connectivity index (χ0v) is 28.1. The number of carbonyl (C=O) groups is 1. The van der Waals surface area contributed by atoms with Crippen molar-refractivity contribution in [2.45, 2.75) is 31.0 Å². The second-order valence-corrected chi connectivity index (χ2v) is 12.2. The summed E-state index contributed by atoms with van der Waals surface area (Å²) in [5.41, 5.74) is 1.90. The molecule has 2 atom stereocenters. The zero-order chi connectivity index (χ0) is 31.8. The number of amides is 1. The summed E-state index contributed by atoms with van der Waals surface area (Å²) < 4.78 is 24.9. The van der Waals surface area contributed by atoms with Gasteiger partial charge in [-0.15, -0.1) is 0 Å². The van der Waals surface area contributed by atoms with Crippen LogP contribution in [-0.2, 0) is 22.5 Å². The monoisotopic (exact) mass is 736 g/mol. The number of ether oxygens (including phenoxy) is 4. The van der Waals surface area contributed by atoms with Crippen molar-refractivity contribution in [3.63, 3.8) is 0 Å². The standard InChI is InChI=1S/C35H34Br2N2O6/c1-42-30-17-12-23(20-31(30)43-2)22-38-34(41)35(21-25-8-3-5-10-28(25)36)32(27-9-4-6-11-29(27)37)45-33(39-35)24-13-15-26(16-14-24)44-19-7-18-40/h3-6,8-17,20,32,40H,7,18-19,21-22H2,1-2H3,(H,38,41)/t32-,35-/m1/s1. The fraction of sp³-hybridized carbons (Fsp3) is 0.257. The van der Waals surface area contributed by atoms with Gasteiger partial charge in [0.15, 0.2) is 23.1 Å². The number of hydrogen-bond donors (Lipinski definition) is 2. The molecule has 234 valence electrons. The molecule has 0 saturated carbocycles. The highest BCUT2D eigenvalue weighted by molar-refractivity contribution is 9.10. The molecule has 0 aliphatic carbocycles. The lowest BCUT2D eigenvalue weighted by Gasteiger charge is -2.31. The molecule has 0 saturated heterocycles. The van der Waals surface area contributed by atoms with Crippen molar-refractivity contribution < 1.29 is 28.8 Å². The Labute approximate surface area is 279 Å². The number of hydrogen-bond acceptors (Lipinski definition) is 7. The van der Waals surface area contributed by atoms with Crippen molar-refractivity contribution in [1.29, 1.82) is 0 Å². The van der Waals surface area contributed by atoms with E-state index in [1.807, 2.05) is 91.0 Å². The maximum absolute atomic E-state index is 14.6. The number of nitrogens with zero attached hydrogens (tertiary/aromatic N) is 1. The molecule has 0 unspecified atom stereocenters. The summed E-state index contributed by atoms with van der Waals surface area (Å²) in [4.78, 5) is 19.7. The van der Waals surface area contributed by atoms with Crippen LogP contribution in [0.5, 0.6) is 17.2 Å². The average molecular weight is 738 g/mol. The van der Waals surface area contributed by atoms with Crippen molar-refractivity contribution in [3.8, 4) is 17.2 Å². The van der Waals surface area contributed by atoms with Crippen LogP contribution in [0.2, 0.25) is 0 Å². The third-order valence-electron chi connectivity index (χ3n) is 7.54. The lowest BCUT2D eigenvalue weighted by atomic mass is 9.82. The number of aliphatic hydroxyl groups excluding tert-OH is 1. The summed E-state index contributed by atoms with van der Waals surface area (Å²) in [7, 11) is 3.16. The molecule has 0 fully saturated rings. The summed E-state index contributed by atoms with van der Waals surface area (Å²) in [5.74, 6) is 1.92. The summed E-state index contributed by atoms with van der Waals surface area (Å²) in [6.45, 7) is 0.712. The van der Waals surface area contributed by atoms with E-state index in [2.05, 4.69) is 37.2 Å². The number of aliphatic imine (C=N–C) groups is 1. The molecule has 1 amide bonds. The van der Waals surface area contributed by atoms with E-state index in [4.69, 9.17) is 29.0 Å². The average Bonchev–Trinajstić information content (AvgIpc) is 3.45. The van der Waals surface area contributed by atoms with Crippen molar-refractivity contribution >= 4 is 43.7 Å². The van der Waals surface area contributed by atoms with Crippen LogP contribution in [0.25, 0.3) is 0 Å². The smallest absolute Gasteiger partial charge is 0.252 e. The van der Waals surface area contributed by atoms with Crippen LogP contribution in [0.15, 0.2) is 105 Å². The summed E-state index contributed by atoms with van der Waals surface area (Å²) in [6.07, 6.45) is 0.0617. The molecular weight excluding hydrogens is 704 g/mol. The first kappa shape index (κ1) is 32.5. The Kier molecular flexibility index (Phi) is 10.8. The zero-order valence-electron chi connectivity index (χ0n) is 25.0. The first-order valence-electron chi connectivity index (χ1n) is 14.5. The minimum Gasteiger partial charge on any atom is -0.494 e. The van der Waals surface area contributed by atoms with Crippen molar-refractivity contribution in [1.82, 2.24) is 5.32 Å². The predicted molar refractivity (Wildman–Crippen MR) is 180 cm³/mol. The number of rotatable bonds is 13. The molecule has 0 spiro atoms. The largest absolute Gasteiger partial charge is 0.494 e. The lowest BCUT2D eigenvalue weighted by molar-refractivity contribution is -0.129. The number of carbonyl (C=O) groups excluding carboxylic acids is 1. The normalized spacial score (nSPS) is 17.3. The first-order valence-corrected chi connectivity index (χ1v) is 16.0. The van der Waals surface area contributed by atoms with Gasteiger partial charge in [-0.3, -0.25) is 4.79 Å². The van der Waals surface area contributed by atoms with Crippen LogP contribution in [0, 0.1) is 0 Å². The summed E-state index contributed by atoms with van der Waals surface area (Å²) >= 11 is 7.38. The summed E-state index contributed by atoms with van der Waals surface area (Å²) in [6, 6.07) is 28.5. The molecule has 5 rings (SSSR count). The molecule has 1 heterocycles. The second kappa shape index (κ2) is 14.9. The van der Waals surface area contributed by atoms with Gasteiger partial charge in [-0.05, 0) is 59.7 Å². The van der Waals surface area contributed by atoms with E-state index in [0.717, 1.165) is 25.6 Å². The molecule has 4 aromatic rings. The quantitative estimate of drug-likeness (QED) is 0.147. The van der Waals surface area contributed by atoms with Gasteiger partial charge in [0.1, 0.15) is 5.75 Å². The highest BCUT2D eigenvalue weighted by Gasteiger charge is 2.54. The molecule has 0 aromatic heterocycles. The van der Waals surface area contributed by atoms with Crippen LogP contribution < -0.4 is 19.5 Å². The number of halogens is 2. The Morgan fingerprint density at radius 1 is 0.933 bits per heavy atom. The topological polar surface area (TPSA) is 98.6 Å². The molecule has 0 bridgehead atoms. The van der Waals surface area contributed by atoms with Gasteiger partial charge in [0, 0.05) is 46.1 Å².